The van der Waals surface area contributed by atoms with Gasteiger partial charge in [0.25, 0.3) is 10.1 Å². The Morgan fingerprint density at radius 2 is 2.06 bits per heavy atom. The molecular formula is C22H27N5O5S. The molecule has 0 bridgehead atoms. The number of hydrogen-bond donors (Lipinski definition) is 1. The zero-order valence-electron chi connectivity index (χ0n) is 18.8. The molecule has 0 spiro atoms. The van der Waals surface area contributed by atoms with Crippen LogP contribution in [0.3, 0.4) is 0 Å². The van der Waals surface area contributed by atoms with Crippen LogP contribution in [-0.4, -0.2) is 74.7 Å². The maximum Gasteiger partial charge on any atom is 0.330 e. The summed E-state index contributed by atoms with van der Waals surface area (Å²) in [5.41, 5.74) is 1.53. The van der Waals surface area contributed by atoms with Gasteiger partial charge in [0.2, 0.25) is 0 Å². The fourth-order valence-electron chi connectivity index (χ4n) is 3.98. The topological polar surface area (TPSA) is 106 Å². The first-order chi connectivity index (χ1) is 15.8. The Bertz CT molecular complexity index is 1260. The number of methoxy groups -OCH3 is 1. The highest BCUT2D eigenvalue weighted by atomic mass is 32.2. The third-order valence-corrected chi connectivity index (χ3v) is 6.00. The van der Waals surface area contributed by atoms with E-state index in [0.29, 0.717) is 30.2 Å². The number of carbonyl (C=O) groups excluding carboxylic acids is 1. The van der Waals surface area contributed by atoms with Crippen LogP contribution in [0.5, 0.6) is 5.75 Å². The Morgan fingerprint density at radius 3 is 2.79 bits per heavy atom. The van der Waals surface area contributed by atoms with Crippen LogP contribution in [0.25, 0.3) is 10.9 Å². The first-order valence-corrected chi connectivity index (χ1v) is 12.4. The van der Waals surface area contributed by atoms with Crippen molar-refractivity contribution in [1.82, 2.24) is 14.5 Å². The summed E-state index contributed by atoms with van der Waals surface area (Å²) < 4.78 is 36.2. The van der Waals surface area contributed by atoms with Gasteiger partial charge in [0, 0.05) is 37.4 Å². The van der Waals surface area contributed by atoms with Gasteiger partial charge in [-0.05, 0) is 43.3 Å². The second kappa shape index (κ2) is 9.28. The van der Waals surface area contributed by atoms with E-state index in [1.807, 2.05) is 36.1 Å². The molecule has 4 rings (SSSR count). The van der Waals surface area contributed by atoms with Crippen LogP contribution in [-0.2, 0) is 14.3 Å². The number of nitrogens with one attached hydrogen (secondary N) is 1. The van der Waals surface area contributed by atoms with Gasteiger partial charge in [0.1, 0.15) is 5.75 Å². The molecule has 1 aliphatic rings. The number of fused-ring (bicyclic) bond motifs is 1. The molecule has 1 N–H and O–H groups in total. The number of carbonyl (C=O) groups is 1. The van der Waals surface area contributed by atoms with Crippen molar-refractivity contribution in [2.75, 3.05) is 49.8 Å². The van der Waals surface area contributed by atoms with E-state index < -0.39 is 16.3 Å². The molecule has 1 amide bonds. The lowest BCUT2D eigenvalue weighted by molar-refractivity contribution is 0.0502. The summed E-state index contributed by atoms with van der Waals surface area (Å²) in [5, 5.41) is 4.10. The van der Waals surface area contributed by atoms with Crippen LogP contribution in [0, 0.1) is 0 Å². The third kappa shape index (κ3) is 4.88. The Balaban J connectivity index is 1.64. The molecule has 0 aliphatic carbocycles. The number of amides is 1. The SMILES string of the molecule is CCNc1cccnc1N1CCN(C(=O)n2ccc3cc(OC)ccc32)C(OS(C)(=O)=O)C1. The molecule has 2 aromatic heterocycles. The van der Waals surface area contributed by atoms with Crippen LogP contribution < -0.4 is 15.0 Å². The standard InChI is InChI=1S/C22H27N5O5S/c1-4-23-18-6-5-10-24-21(18)25-12-13-27(20(15-25)32-33(3,29)30)22(28)26-11-9-16-14-17(31-2)7-8-19(16)26/h5-11,14,20,23H,4,12-13,15H2,1-3H3. The molecule has 1 fully saturated rings. The number of nitrogens with zero attached hydrogens (tertiary/aromatic N) is 4. The van der Waals surface area contributed by atoms with E-state index in [9.17, 15) is 13.2 Å². The van der Waals surface area contributed by atoms with Crippen molar-refractivity contribution in [3.63, 3.8) is 0 Å². The molecule has 1 saturated heterocycles. The molecule has 1 unspecified atom stereocenters. The number of rotatable bonds is 6. The largest absolute Gasteiger partial charge is 0.497 e. The minimum atomic E-state index is -3.82. The lowest BCUT2D eigenvalue weighted by Crippen LogP contribution is -2.57. The van der Waals surface area contributed by atoms with Gasteiger partial charge in [0.05, 0.1) is 31.1 Å². The van der Waals surface area contributed by atoms with Crippen molar-refractivity contribution >= 4 is 38.6 Å². The van der Waals surface area contributed by atoms with E-state index in [1.165, 1.54) is 9.47 Å². The summed E-state index contributed by atoms with van der Waals surface area (Å²) >= 11 is 0. The smallest absolute Gasteiger partial charge is 0.330 e. The molecule has 0 saturated carbocycles. The number of anilines is 2. The number of benzene rings is 1. The normalized spacial score (nSPS) is 16.8. The zero-order valence-corrected chi connectivity index (χ0v) is 19.6. The first-order valence-electron chi connectivity index (χ1n) is 10.6. The molecule has 10 nitrogen and oxygen atoms in total. The average molecular weight is 474 g/mol. The second-order valence-electron chi connectivity index (χ2n) is 7.69. The number of hydrogen-bond acceptors (Lipinski definition) is 8. The second-order valence-corrected chi connectivity index (χ2v) is 9.29. The lowest BCUT2D eigenvalue weighted by Gasteiger charge is -2.41. The summed E-state index contributed by atoms with van der Waals surface area (Å²) in [6.45, 7) is 3.59. The van der Waals surface area contributed by atoms with E-state index in [4.69, 9.17) is 8.92 Å². The van der Waals surface area contributed by atoms with Gasteiger partial charge in [-0.15, -0.1) is 0 Å². The van der Waals surface area contributed by atoms with Gasteiger partial charge in [-0.25, -0.2) is 14.0 Å². The fraction of sp³-hybridized carbons (Fsp3) is 0.364. The van der Waals surface area contributed by atoms with Crippen molar-refractivity contribution in [2.45, 2.75) is 13.2 Å². The molecule has 176 valence electrons. The quantitative estimate of drug-likeness (QED) is 0.545. The highest BCUT2D eigenvalue weighted by Crippen LogP contribution is 2.28. The minimum Gasteiger partial charge on any atom is -0.497 e. The molecule has 33 heavy (non-hydrogen) atoms. The highest BCUT2D eigenvalue weighted by molar-refractivity contribution is 7.86. The molecule has 0 radical (unpaired) electrons. The Morgan fingerprint density at radius 1 is 1.24 bits per heavy atom. The number of piperazine rings is 1. The number of ether oxygens (including phenoxy) is 1. The summed E-state index contributed by atoms with van der Waals surface area (Å²) in [7, 11) is -2.24. The monoisotopic (exact) mass is 473 g/mol. The van der Waals surface area contributed by atoms with E-state index >= 15 is 0 Å². The maximum atomic E-state index is 13.5. The maximum absolute atomic E-state index is 13.5. The Labute approximate surface area is 192 Å². The van der Waals surface area contributed by atoms with E-state index in [1.54, 1.807) is 31.6 Å². The predicted molar refractivity (Wildman–Crippen MR) is 126 cm³/mol. The molecular weight excluding hydrogens is 446 g/mol. The highest BCUT2D eigenvalue weighted by Gasteiger charge is 2.35. The summed E-state index contributed by atoms with van der Waals surface area (Å²) in [5.74, 6) is 1.37. The van der Waals surface area contributed by atoms with Crippen LogP contribution in [0.15, 0.2) is 48.8 Å². The van der Waals surface area contributed by atoms with Crippen LogP contribution in [0.2, 0.25) is 0 Å². The van der Waals surface area contributed by atoms with Crippen molar-refractivity contribution in [3.05, 3.63) is 48.8 Å². The summed E-state index contributed by atoms with van der Waals surface area (Å²) in [4.78, 5) is 21.3. The van der Waals surface area contributed by atoms with E-state index in [2.05, 4.69) is 10.3 Å². The molecule has 1 aromatic carbocycles. The molecule has 3 aromatic rings. The lowest BCUT2D eigenvalue weighted by atomic mass is 10.2. The first kappa shape index (κ1) is 22.9. The number of aromatic nitrogens is 2. The molecule has 3 heterocycles. The van der Waals surface area contributed by atoms with Gasteiger partial charge in [-0.2, -0.15) is 8.42 Å². The predicted octanol–water partition coefficient (Wildman–Crippen LogP) is 2.57. The zero-order chi connectivity index (χ0) is 23.6. The fourth-order valence-corrected chi connectivity index (χ4v) is 4.54. The van der Waals surface area contributed by atoms with E-state index in [0.717, 1.165) is 17.3 Å². The van der Waals surface area contributed by atoms with Crippen LogP contribution in [0.4, 0.5) is 16.3 Å². The minimum absolute atomic E-state index is 0.154. The van der Waals surface area contributed by atoms with Gasteiger partial charge in [-0.3, -0.25) is 9.47 Å². The van der Waals surface area contributed by atoms with Crippen molar-refractivity contribution < 1.29 is 22.1 Å². The van der Waals surface area contributed by atoms with Crippen molar-refractivity contribution in [1.29, 1.82) is 0 Å². The van der Waals surface area contributed by atoms with Gasteiger partial charge >= 0.3 is 6.03 Å². The van der Waals surface area contributed by atoms with Gasteiger partial charge < -0.3 is 15.0 Å². The third-order valence-electron chi connectivity index (χ3n) is 5.42. The van der Waals surface area contributed by atoms with Gasteiger partial charge in [-0.1, -0.05) is 0 Å². The van der Waals surface area contributed by atoms with Gasteiger partial charge in [0.15, 0.2) is 12.0 Å². The van der Waals surface area contributed by atoms with Crippen LogP contribution >= 0.6 is 0 Å². The Hall–Kier alpha value is -3.31. The molecule has 1 atom stereocenters. The van der Waals surface area contributed by atoms with Crippen molar-refractivity contribution in [2.24, 2.45) is 0 Å². The molecule has 1 aliphatic heterocycles. The number of pyridine rings is 1. The average Bonchev–Trinajstić information content (AvgIpc) is 3.21. The summed E-state index contributed by atoms with van der Waals surface area (Å²) in [6.07, 6.45) is 3.32. The summed E-state index contributed by atoms with van der Waals surface area (Å²) in [6, 6.07) is 10.6. The molecule has 11 heteroatoms. The Kier molecular flexibility index (Phi) is 6.43. The van der Waals surface area contributed by atoms with Crippen LogP contribution in [0.1, 0.15) is 6.92 Å². The van der Waals surface area contributed by atoms with Crippen molar-refractivity contribution in [3.8, 4) is 5.75 Å². The van der Waals surface area contributed by atoms with E-state index in [-0.39, 0.29) is 19.1 Å².